The molecular formula is C9H10NNaO2-. The van der Waals surface area contributed by atoms with Crippen molar-refractivity contribution in [2.45, 2.75) is 6.42 Å². The normalized spacial score (nSPS) is 8.62. The van der Waals surface area contributed by atoms with Crippen LogP contribution < -0.4 is 10.4 Å². The van der Waals surface area contributed by atoms with E-state index in [1.165, 1.54) is 0 Å². The third kappa shape index (κ3) is 5.69. The fourth-order valence-corrected chi connectivity index (χ4v) is 0.865. The molecule has 0 aromatic heterocycles. The van der Waals surface area contributed by atoms with Crippen LogP contribution in [0.3, 0.4) is 0 Å². The van der Waals surface area contributed by atoms with Crippen molar-refractivity contribution >= 4 is 41.2 Å². The van der Waals surface area contributed by atoms with E-state index in [2.05, 4.69) is 5.32 Å². The summed E-state index contributed by atoms with van der Waals surface area (Å²) >= 11 is 0. The molecule has 3 nitrogen and oxygen atoms in total. The van der Waals surface area contributed by atoms with E-state index in [-0.39, 0.29) is 36.0 Å². The predicted octanol–water partition coefficient (Wildman–Crippen LogP) is -0.142. The minimum atomic E-state index is -1.03. The van der Waals surface area contributed by atoms with Crippen LogP contribution >= 0.6 is 0 Å². The Labute approximate surface area is 99.4 Å². The molecule has 13 heavy (non-hydrogen) atoms. The Morgan fingerprint density at radius 2 is 1.92 bits per heavy atom. The number of carboxylic acid groups (broad SMARTS) is 1. The number of nitrogens with one attached hydrogen (secondary N) is 1. The van der Waals surface area contributed by atoms with Gasteiger partial charge in [0.25, 0.3) is 0 Å². The number of benzene rings is 1. The van der Waals surface area contributed by atoms with E-state index in [1.54, 1.807) is 0 Å². The van der Waals surface area contributed by atoms with Gasteiger partial charge in [0.05, 0.1) is 0 Å². The Morgan fingerprint density at radius 1 is 1.31 bits per heavy atom. The van der Waals surface area contributed by atoms with Crippen molar-refractivity contribution in [1.29, 1.82) is 0 Å². The number of carbonyl (C=O) groups is 1. The van der Waals surface area contributed by atoms with E-state index in [4.69, 9.17) is 0 Å². The van der Waals surface area contributed by atoms with E-state index in [0.29, 0.717) is 6.54 Å². The fourth-order valence-electron chi connectivity index (χ4n) is 0.865. The summed E-state index contributed by atoms with van der Waals surface area (Å²) in [5.41, 5.74) is 0.929. The molecule has 0 atom stereocenters. The first-order chi connectivity index (χ1) is 5.79. The standard InChI is InChI=1S/C9H11NO2.Na/c11-9(12)6-7-10-8-4-2-1-3-5-8;/h1-5,10H,6-7H2,(H,11,12);/p-1. The monoisotopic (exact) mass is 187 g/mol. The Balaban J connectivity index is 0.00000144. The maximum atomic E-state index is 10.0. The van der Waals surface area contributed by atoms with Gasteiger partial charge in [-0.3, -0.25) is 0 Å². The number of hydrogen-bond donors (Lipinski definition) is 1. The van der Waals surface area contributed by atoms with Crippen molar-refractivity contribution in [2.75, 3.05) is 11.9 Å². The third-order valence-corrected chi connectivity index (χ3v) is 1.43. The van der Waals surface area contributed by atoms with Crippen LogP contribution in [0.4, 0.5) is 5.69 Å². The molecule has 0 saturated carbocycles. The van der Waals surface area contributed by atoms with E-state index in [0.717, 1.165) is 5.69 Å². The van der Waals surface area contributed by atoms with E-state index in [1.807, 2.05) is 30.3 Å². The third-order valence-electron chi connectivity index (χ3n) is 1.43. The molecule has 0 bridgehead atoms. The molecule has 1 aromatic rings. The zero-order chi connectivity index (χ0) is 8.81. The largest absolute Gasteiger partial charge is 0.550 e. The molecule has 0 aliphatic heterocycles. The van der Waals surface area contributed by atoms with Crippen molar-refractivity contribution in [3.8, 4) is 0 Å². The molecule has 0 heterocycles. The smallest absolute Gasteiger partial charge is 0.0431 e. The number of hydrogen-bond acceptors (Lipinski definition) is 3. The van der Waals surface area contributed by atoms with E-state index >= 15 is 0 Å². The Hall–Kier alpha value is -0.510. The van der Waals surface area contributed by atoms with Gasteiger partial charge in [0, 0.05) is 54.2 Å². The van der Waals surface area contributed by atoms with E-state index in [9.17, 15) is 9.90 Å². The van der Waals surface area contributed by atoms with Crippen LogP contribution in [-0.2, 0) is 4.79 Å². The van der Waals surface area contributed by atoms with Crippen LogP contribution in [0.25, 0.3) is 0 Å². The summed E-state index contributed by atoms with van der Waals surface area (Å²) in [5.74, 6) is -1.03. The molecule has 0 spiro atoms. The Bertz CT molecular complexity index is 251. The summed E-state index contributed by atoms with van der Waals surface area (Å²) in [6, 6.07) is 9.46. The Kier molecular flexibility index (Phi) is 6.68. The van der Waals surface area contributed by atoms with Crippen LogP contribution in [0.5, 0.6) is 0 Å². The molecule has 0 aliphatic rings. The second-order valence-corrected chi connectivity index (χ2v) is 2.41. The molecule has 0 unspecified atom stereocenters. The molecule has 1 rings (SSSR count). The summed E-state index contributed by atoms with van der Waals surface area (Å²) in [7, 11) is 0. The van der Waals surface area contributed by atoms with Crippen LogP contribution in [0.1, 0.15) is 6.42 Å². The molecule has 4 heteroatoms. The molecule has 1 aromatic carbocycles. The van der Waals surface area contributed by atoms with Crippen molar-refractivity contribution in [1.82, 2.24) is 0 Å². The van der Waals surface area contributed by atoms with Gasteiger partial charge in [-0.05, 0) is 12.1 Å². The van der Waals surface area contributed by atoms with Gasteiger partial charge >= 0.3 is 0 Å². The van der Waals surface area contributed by atoms with Gasteiger partial charge in [-0.25, -0.2) is 0 Å². The molecular weight excluding hydrogens is 177 g/mol. The summed E-state index contributed by atoms with van der Waals surface area (Å²) in [6.45, 7) is 0.409. The first-order valence-corrected chi connectivity index (χ1v) is 3.78. The first-order valence-electron chi connectivity index (χ1n) is 3.78. The minimum absolute atomic E-state index is 0. The van der Waals surface area contributed by atoms with Crippen LogP contribution in [-0.4, -0.2) is 42.1 Å². The molecule has 65 valence electrons. The molecule has 0 aliphatic carbocycles. The van der Waals surface area contributed by atoms with Gasteiger partial charge in [-0.1, -0.05) is 18.2 Å². The predicted molar refractivity (Wildman–Crippen MR) is 50.3 cm³/mol. The number of carboxylic acids is 1. The van der Waals surface area contributed by atoms with Crippen molar-refractivity contribution in [2.24, 2.45) is 0 Å². The van der Waals surface area contributed by atoms with Crippen molar-refractivity contribution < 1.29 is 9.90 Å². The number of carbonyl (C=O) groups excluding carboxylic acids is 1. The maximum Gasteiger partial charge on any atom is 0.0431 e. The average Bonchev–Trinajstić information content (AvgIpc) is 2.05. The molecule has 0 fully saturated rings. The molecule has 1 N–H and O–H groups in total. The maximum absolute atomic E-state index is 10.0. The summed E-state index contributed by atoms with van der Waals surface area (Å²) in [4.78, 5) is 10.0. The van der Waals surface area contributed by atoms with Gasteiger partial charge in [-0.2, -0.15) is 0 Å². The van der Waals surface area contributed by atoms with Crippen LogP contribution in [0.15, 0.2) is 30.3 Å². The molecule has 0 amide bonds. The van der Waals surface area contributed by atoms with Crippen LogP contribution in [0.2, 0.25) is 0 Å². The SMILES string of the molecule is O=C([O-])CCNc1ccccc1.[Na]. The fraction of sp³-hybridized carbons (Fsp3) is 0.222. The quantitative estimate of drug-likeness (QED) is 0.667. The van der Waals surface area contributed by atoms with Crippen molar-refractivity contribution in [3.63, 3.8) is 0 Å². The van der Waals surface area contributed by atoms with Gasteiger partial charge in [0.15, 0.2) is 0 Å². The van der Waals surface area contributed by atoms with Crippen molar-refractivity contribution in [3.05, 3.63) is 30.3 Å². The number of rotatable bonds is 4. The zero-order valence-corrected chi connectivity index (χ0v) is 9.62. The number of aliphatic carboxylic acids is 1. The summed E-state index contributed by atoms with van der Waals surface area (Å²) in [5, 5.41) is 13.0. The van der Waals surface area contributed by atoms with Crippen LogP contribution in [0, 0.1) is 0 Å². The minimum Gasteiger partial charge on any atom is -0.550 e. The topological polar surface area (TPSA) is 52.2 Å². The number of anilines is 1. The van der Waals surface area contributed by atoms with Gasteiger partial charge in [0.1, 0.15) is 0 Å². The number of para-hydroxylation sites is 1. The Morgan fingerprint density at radius 3 is 2.46 bits per heavy atom. The first kappa shape index (κ1) is 12.5. The van der Waals surface area contributed by atoms with E-state index < -0.39 is 5.97 Å². The second-order valence-electron chi connectivity index (χ2n) is 2.41. The second kappa shape index (κ2) is 6.95. The van der Waals surface area contributed by atoms with Gasteiger partial charge in [0.2, 0.25) is 0 Å². The zero-order valence-electron chi connectivity index (χ0n) is 7.62. The van der Waals surface area contributed by atoms with Gasteiger partial charge < -0.3 is 15.2 Å². The summed E-state index contributed by atoms with van der Waals surface area (Å²) < 4.78 is 0. The summed E-state index contributed by atoms with van der Waals surface area (Å²) in [6.07, 6.45) is 0.0366. The van der Waals surface area contributed by atoms with Gasteiger partial charge in [-0.15, -0.1) is 0 Å². The molecule has 1 radical (unpaired) electrons. The average molecular weight is 187 g/mol. The molecule has 0 saturated heterocycles.